The molecular formula is C16H22Cl2Zr+2. The second-order valence-electron chi connectivity index (χ2n) is 4.82. The molecule has 0 amide bonds. The summed E-state index contributed by atoms with van der Waals surface area (Å²) in [5.74, 6) is 4.24. The van der Waals surface area contributed by atoms with Crippen molar-refractivity contribution in [1.82, 2.24) is 0 Å². The Labute approximate surface area is 140 Å². The van der Waals surface area contributed by atoms with E-state index in [-0.39, 0.29) is 0 Å². The van der Waals surface area contributed by atoms with Crippen molar-refractivity contribution in [1.29, 1.82) is 0 Å². The van der Waals surface area contributed by atoms with Gasteiger partial charge in [0.25, 0.3) is 0 Å². The average molecular weight is 376 g/mol. The molecule has 2 rings (SSSR count). The molecule has 0 aliphatic heterocycles. The Morgan fingerprint density at radius 3 is 1.00 bits per heavy atom. The van der Waals surface area contributed by atoms with Crippen LogP contribution < -0.4 is 0 Å². The summed E-state index contributed by atoms with van der Waals surface area (Å²) in [6.45, 7) is 8.81. The van der Waals surface area contributed by atoms with Crippen LogP contribution in [0, 0.1) is 75.0 Å². The molecule has 2 aliphatic rings. The predicted octanol–water partition coefficient (Wildman–Crippen LogP) is 5.47. The van der Waals surface area contributed by atoms with Crippen LogP contribution in [-0.2, 0) is 20.8 Å². The van der Waals surface area contributed by atoms with E-state index in [4.69, 9.17) is 17.0 Å². The van der Waals surface area contributed by atoms with Gasteiger partial charge < -0.3 is 0 Å². The molecule has 0 heterocycles. The molecule has 0 N–H and O–H groups in total. The van der Waals surface area contributed by atoms with Crippen LogP contribution in [0.3, 0.4) is 0 Å². The van der Waals surface area contributed by atoms with Gasteiger partial charge in [-0.2, -0.15) is 0 Å². The molecule has 0 atom stereocenters. The molecule has 0 aromatic rings. The van der Waals surface area contributed by atoms with E-state index in [1.54, 1.807) is 0 Å². The maximum atomic E-state index is 4.93. The number of rotatable bonds is 2. The van der Waals surface area contributed by atoms with Gasteiger partial charge in [0.05, 0.1) is 0 Å². The minimum absolute atomic E-state index is 0.685. The maximum absolute atomic E-state index is 4.93. The molecular weight excluding hydrogens is 354 g/mol. The Kier molecular flexibility index (Phi) is 14.2. The summed E-state index contributed by atoms with van der Waals surface area (Å²) < 4.78 is 0. The molecule has 0 bridgehead atoms. The van der Waals surface area contributed by atoms with Crippen molar-refractivity contribution in [3.05, 3.63) is 63.2 Å². The fourth-order valence-electron chi connectivity index (χ4n) is 1.55. The zero-order valence-corrected chi connectivity index (χ0v) is 16.0. The zero-order chi connectivity index (χ0) is 14.7. The van der Waals surface area contributed by atoms with E-state index in [2.05, 4.69) is 79.1 Å². The standard InChI is InChI=1S/2C8H11.2ClH.Zr/c2*1-7(2)8-5-3-4-6-8;;;/h2*3-7H,1-2H3;2*1H;/q;;;;+4/p-2. The predicted molar refractivity (Wildman–Crippen MR) is 82.3 cm³/mol. The van der Waals surface area contributed by atoms with Crippen molar-refractivity contribution in [2.75, 3.05) is 0 Å². The first kappa shape index (κ1) is 20.5. The molecule has 10 radical (unpaired) electrons. The average Bonchev–Trinajstić information content (AvgIpc) is 3.05. The van der Waals surface area contributed by atoms with Gasteiger partial charge in [0.15, 0.2) is 0 Å². The molecule has 2 aliphatic carbocycles. The fraction of sp³-hybridized carbons (Fsp3) is 0.375. The van der Waals surface area contributed by atoms with Gasteiger partial charge in [-0.15, -0.1) is 0 Å². The van der Waals surface area contributed by atoms with Crippen molar-refractivity contribution < 1.29 is 20.8 Å². The van der Waals surface area contributed by atoms with Gasteiger partial charge in [0, 0.05) is 0 Å². The van der Waals surface area contributed by atoms with Crippen molar-refractivity contribution in [3.63, 3.8) is 0 Å². The summed E-state index contributed by atoms with van der Waals surface area (Å²) in [5, 5.41) is 0. The second kappa shape index (κ2) is 13.1. The summed E-state index contributed by atoms with van der Waals surface area (Å²) in [5.41, 5.74) is 0. The molecule has 0 aromatic heterocycles. The van der Waals surface area contributed by atoms with E-state index in [9.17, 15) is 0 Å². The van der Waals surface area contributed by atoms with Gasteiger partial charge in [0.1, 0.15) is 0 Å². The van der Waals surface area contributed by atoms with E-state index < -0.39 is 20.8 Å². The summed E-state index contributed by atoms with van der Waals surface area (Å²) >= 11 is -0.826. The van der Waals surface area contributed by atoms with E-state index in [1.807, 2.05) is 0 Å². The molecule has 19 heavy (non-hydrogen) atoms. The van der Waals surface area contributed by atoms with E-state index in [1.165, 1.54) is 11.8 Å². The SMILES string of the molecule is CC(C)[C]1[CH][CH][CH][CH]1.CC(C)[C]1[CH][CH][CH][CH]1.[Cl][Zr+2][Cl]. The summed E-state index contributed by atoms with van der Waals surface area (Å²) in [4.78, 5) is 0. The third kappa shape index (κ3) is 10.8. The molecule has 2 saturated carbocycles. The monoisotopic (exact) mass is 374 g/mol. The van der Waals surface area contributed by atoms with E-state index in [0.717, 1.165) is 0 Å². The molecule has 0 spiro atoms. The molecule has 0 saturated heterocycles. The molecule has 2 fully saturated rings. The van der Waals surface area contributed by atoms with Crippen LogP contribution in [0.1, 0.15) is 27.7 Å². The zero-order valence-electron chi connectivity index (χ0n) is 12.0. The quantitative estimate of drug-likeness (QED) is 0.599. The molecule has 102 valence electrons. The third-order valence-corrected chi connectivity index (χ3v) is 2.71. The van der Waals surface area contributed by atoms with E-state index in [0.29, 0.717) is 11.8 Å². The van der Waals surface area contributed by atoms with E-state index >= 15 is 0 Å². The second-order valence-corrected chi connectivity index (χ2v) is 8.55. The topological polar surface area (TPSA) is 0 Å². The Morgan fingerprint density at radius 2 is 0.895 bits per heavy atom. The van der Waals surface area contributed by atoms with Gasteiger partial charge in [-0.05, 0) is 75.0 Å². The summed E-state index contributed by atoms with van der Waals surface area (Å²) in [6.07, 6.45) is 16.9. The van der Waals surface area contributed by atoms with Crippen LogP contribution in [0.5, 0.6) is 0 Å². The van der Waals surface area contributed by atoms with Crippen molar-refractivity contribution >= 4 is 17.0 Å². The Bertz CT molecular complexity index is 163. The van der Waals surface area contributed by atoms with Gasteiger partial charge in [-0.3, -0.25) is 0 Å². The Morgan fingerprint density at radius 1 is 0.684 bits per heavy atom. The number of halogens is 2. The van der Waals surface area contributed by atoms with Crippen LogP contribution in [0.15, 0.2) is 0 Å². The first-order chi connectivity index (χ1) is 9.02. The van der Waals surface area contributed by atoms with Gasteiger partial charge >= 0.3 is 37.9 Å². The first-order valence-corrected chi connectivity index (χ1v) is 12.7. The molecule has 0 aromatic carbocycles. The van der Waals surface area contributed by atoms with Crippen molar-refractivity contribution in [2.45, 2.75) is 27.7 Å². The van der Waals surface area contributed by atoms with Crippen LogP contribution in [-0.4, -0.2) is 0 Å². The van der Waals surface area contributed by atoms with Crippen molar-refractivity contribution in [2.24, 2.45) is 11.8 Å². The van der Waals surface area contributed by atoms with Crippen molar-refractivity contribution in [3.8, 4) is 0 Å². The first-order valence-electron chi connectivity index (χ1n) is 6.42. The number of hydrogen-bond donors (Lipinski definition) is 0. The Balaban J connectivity index is 0.000000284. The van der Waals surface area contributed by atoms with Gasteiger partial charge in [-0.25, -0.2) is 0 Å². The molecule has 0 nitrogen and oxygen atoms in total. The minimum atomic E-state index is -0.826. The van der Waals surface area contributed by atoms with Crippen LogP contribution in [0.25, 0.3) is 0 Å². The fourth-order valence-corrected chi connectivity index (χ4v) is 1.55. The normalized spacial score (nSPS) is 19.8. The molecule has 3 heteroatoms. The van der Waals surface area contributed by atoms with Crippen LogP contribution >= 0.6 is 17.0 Å². The van der Waals surface area contributed by atoms with Crippen LogP contribution in [0.2, 0.25) is 0 Å². The Hall–Kier alpha value is 1.46. The summed E-state index contributed by atoms with van der Waals surface area (Å²) in [6, 6.07) is 0. The number of hydrogen-bond acceptors (Lipinski definition) is 0. The summed E-state index contributed by atoms with van der Waals surface area (Å²) in [7, 11) is 9.87. The van der Waals surface area contributed by atoms with Crippen LogP contribution in [0.4, 0.5) is 0 Å². The third-order valence-electron chi connectivity index (χ3n) is 2.71. The van der Waals surface area contributed by atoms with Gasteiger partial charge in [0.2, 0.25) is 0 Å². The molecule has 0 unspecified atom stereocenters. The van der Waals surface area contributed by atoms with Gasteiger partial charge in [-0.1, -0.05) is 27.7 Å².